The zero-order valence-electron chi connectivity index (χ0n) is 27.2. The summed E-state index contributed by atoms with van der Waals surface area (Å²) in [7, 11) is 0. The van der Waals surface area contributed by atoms with Gasteiger partial charge in [-0.3, -0.25) is 20.4 Å². The highest BCUT2D eigenvalue weighted by molar-refractivity contribution is 5.78. The molecule has 6 fully saturated rings. The molecule has 6 saturated heterocycles. The van der Waals surface area contributed by atoms with E-state index in [-0.39, 0.29) is 36.2 Å². The highest BCUT2D eigenvalue weighted by Crippen LogP contribution is 2.10. The molecule has 6 heterocycles. The smallest absolute Gasteiger partial charge is 0.318 e. The zero-order valence-corrected chi connectivity index (χ0v) is 27.2. The lowest BCUT2D eigenvalue weighted by atomic mass is 10.5. The van der Waals surface area contributed by atoms with Crippen LogP contribution in [-0.4, -0.2) is 207 Å². The molecule has 0 aromatic carbocycles. The standard InChI is InChI=1S/C17H30N10O4.C9H18N6O2/c28-14-18-1-5-24(14)10-22(11-25-6-2-19-15(25)29)9-23(12-26-7-3-20-16(26)30)13-27-8-4-21-17(27)31;16-8-12-1-3-14(8)6-10-5-11-7-15-4-2-13-9(15)17/h1-13H2,(H,18,28)(H,19,29)(H,20,30)(H,21,31);10-11H,1-7H2,(H,12,16)(H,13,17). The van der Waals surface area contributed by atoms with Crippen molar-refractivity contribution in [1.82, 2.24) is 81.7 Å². The minimum Gasteiger partial charge on any atom is -0.336 e. The van der Waals surface area contributed by atoms with Crippen LogP contribution < -0.4 is 42.5 Å². The van der Waals surface area contributed by atoms with Crippen molar-refractivity contribution in [3.05, 3.63) is 0 Å². The second-order valence-corrected chi connectivity index (χ2v) is 12.0. The summed E-state index contributed by atoms with van der Waals surface area (Å²) in [5.74, 6) is 0. The summed E-state index contributed by atoms with van der Waals surface area (Å²) in [5.41, 5.74) is 0. The van der Waals surface area contributed by atoms with Crippen molar-refractivity contribution < 1.29 is 28.8 Å². The van der Waals surface area contributed by atoms with Gasteiger partial charge in [-0.05, 0) is 0 Å². The molecule has 0 radical (unpaired) electrons. The zero-order chi connectivity index (χ0) is 33.9. The van der Waals surface area contributed by atoms with Crippen molar-refractivity contribution in [3.8, 4) is 0 Å². The molecule has 0 unspecified atom stereocenters. The molecule has 8 N–H and O–H groups in total. The topological polar surface area (TPSA) is 225 Å². The van der Waals surface area contributed by atoms with E-state index in [4.69, 9.17) is 0 Å². The molecular weight excluding hydrogens is 632 g/mol. The molecule has 6 aliphatic rings. The van der Waals surface area contributed by atoms with Crippen molar-refractivity contribution in [2.75, 3.05) is 132 Å². The van der Waals surface area contributed by atoms with E-state index < -0.39 is 0 Å². The predicted octanol–water partition coefficient (Wildman–Crippen LogP) is -4.43. The summed E-state index contributed by atoms with van der Waals surface area (Å²) in [4.78, 5) is 84.9. The summed E-state index contributed by atoms with van der Waals surface area (Å²) in [6, 6.07) is -0.617. The molecule has 0 saturated carbocycles. The lowest BCUT2D eigenvalue weighted by Gasteiger charge is -2.37. The van der Waals surface area contributed by atoms with E-state index in [1.807, 2.05) is 9.80 Å². The van der Waals surface area contributed by atoms with Crippen LogP contribution in [0, 0.1) is 0 Å². The Kier molecular flexibility index (Phi) is 12.3. The van der Waals surface area contributed by atoms with E-state index in [1.165, 1.54) is 0 Å². The number of rotatable bonds is 16. The molecule has 268 valence electrons. The first-order valence-electron chi connectivity index (χ1n) is 16.3. The highest BCUT2D eigenvalue weighted by atomic mass is 16.2. The van der Waals surface area contributed by atoms with Gasteiger partial charge in [-0.25, -0.2) is 28.8 Å². The van der Waals surface area contributed by atoms with Crippen LogP contribution in [0.15, 0.2) is 0 Å². The Morgan fingerprint density at radius 2 is 0.667 bits per heavy atom. The van der Waals surface area contributed by atoms with Gasteiger partial charge in [0.2, 0.25) is 0 Å². The Labute approximate surface area is 278 Å². The van der Waals surface area contributed by atoms with Gasteiger partial charge in [0, 0.05) is 85.2 Å². The number of hydrogen-bond donors (Lipinski definition) is 8. The lowest BCUT2D eigenvalue weighted by Crippen LogP contribution is -2.54. The maximum atomic E-state index is 12.1. The van der Waals surface area contributed by atoms with Crippen LogP contribution in [0.4, 0.5) is 28.8 Å². The molecule has 22 heteroatoms. The number of amides is 12. The highest BCUT2D eigenvalue weighted by Gasteiger charge is 2.31. The summed E-state index contributed by atoms with van der Waals surface area (Å²) in [5, 5.41) is 22.8. The molecule has 12 amide bonds. The van der Waals surface area contributed by atoms with E-state index in [9.17, 15) is 28.8 Å². The van der Waals surface area contributed by atoms with E-state index in [1.54, 1.807) is 29.4 Å². The largest absolute Gasteiger partial charge is 0.336 e. The maximum Gasteiger partial charge on any atom is 0.318 e. The Hall–Kier alpha value is -4.54. The number of carbonyl (C=O) groups excluding carboxylic acids is 6. The van der Waals surface area contributed by atoms with Gasteiger partial charge < -0.3 is 61.3 Å². The fraction of sp³-hybridized carbons (Fsp3) is 0.769. The van der Waals surface area contributed by atoms with Crippen LogP contribution in [-0.2, 0) is 0 Å². The van der Waals surface area contributed by atoms with Gasteiger partial charge in [0.15, 0.2) is 0 Å². The lowest BCUT2D eigenvalue weighted by molar-refractivity contribution is 0.0199. The van der Waals surface area contributed by atoms with Gasteiger partial charge in [-0.1, -0.05) is 0 Å². The summed E-state index contributed by atoms with van der Waals surface area (Å²) in [6.07, 6.45) is 0. The van der Waals surface area contributed by atoms with Crippen molar-refractivity contribution in [2.45, 2.75) is 0 Å². The molecule has 6 rings (SSSR count). The Bertz CT molecular complexity index is 1040. The Balaban J connectivity index is 0.000000224. The van der Waals surface area contributed by atoms with Crippen LogP contribution in [0.25, 0.3) is 0 Å². The number of urea groups is 6. The summed E-state index contributed by atoms with van der Waals surface area (Å²) < 4.78 is 0. The van der Waals surface area contributed by atoms with Crippen molar-refractivity contribution in [2.24, 2.45) is 0 Å². The third-order valence-corrected chi connectivity index (χ3v) is 8.41. The SMILES string of the molecule is O=C1NCCN1CN(CN(CN1CCNC1=O)CN1CCNC1=O)CN1CCNC1=O.O=C1NCCN1CNCNCN1CCNC1=O. The minimum absolute atomic E-state index is 0.0311. The second kappa shape index (κ2) is 17.0. The molecule has 6 aliphatic heterocycles. The van der Waals surface area contributed by atoms with E-state index >= 15 is 0 Å². The first kappa shape index (κ1) is 34.8. The summed E-state index contributed by atoms with van der Waals surface area (Å²) in [6.45, 7) is 10.9. The maximum absolute atomic E-state index is 12.1. The average Bonchev–Trinajstić information content (AvgIpc) is 3.93. The molecule has 0 aromatic heterocycles. The second-order valence-electron chi connectivity index (χ2n) is 12.0. The molecular formula is C26H48N16O6. The number of carbonyl (C=O) groups is 6. The predicted molar refractivity (Wildman–Crippen MR) is 170 cm³/mol. The number of hydrogen-bond acceptors (Lipinski definition) is 10. The van der Waals surface area contributed by atoms with Crippen molar-refractivity contribution in [1.29, 1.82) is 0 Å². The Morgan fingerprint density at radius 1 is 0.417 bits per heavy atom. The quantitative estimate of drug-likeness (QED) is 0.0577. The summed E-state index contributed by atoms with van der Waals surface area (Å²) >= 11 is 0. The Morgan fingerprint density at radius 3 is 0.896 bits per heavy atom. The molecule has 0 aliphatic carbocycles. The molecule has 0 spiro atoms. The van der Waals surface area contributed by atoms with Gasteiger partial charge in [-0.15, -0.1) is 0 Å². The third-order valence-electron chi connectivity index (χ3n) is 8.41. The van der Waals surface area contributed by atoms with E-state index in [0.29, 0.717) is 119 Å². The van der Waals surface area contributed by atoms with Crippen LogP contribution in [0.2, 0.25) is 0 Å². The van der Waals surface area contributed by atoms with Crippen molar-refractivity contribution >= 4 is 36.2 Å². The fourth-order valence-electron chi connectivity index (χ4n) is 5.90. The van der Waals surface area contributed by atoms with Gasteiger partial charge in [0.05, 0.1) is 46.7 Å². The molecule has 0 aromatic rings. The third kappa shape index (κ3) is 9.74. The first-order chi connectivity index (χ1) is 23.3. The number of nitrogens with zero attached hydrogens (tertiary/aromatic N) is 8. The van der Waals surface area contributed by atoms with Crippen LogP contribution in [0.3, 0.4) is 0 Å². The molecule has 0 atom stereocenters. The van der Waals surface area contributed by atoms with Gasteiger partial charge in [-0.2, -0.15) is 0 Å². The fourth-order valence-corrected chi connectivity index (χ4v) is 5.90. The average molecular weight is 681 g/mol. The molecule has 22 nitrogen and oxygen atoms in total. The van der Waals surface area contributed by atoms with Crippen LogP contribution >= 0.6 is 0 Å². The molecule has 48 heavy (non-hydrogen) atoms. The van der Waals surface area contributed by atoms with E-state index in [2.05, 4.69) is 42.5 Å². The van der Waals surface area contributed by atoms with E-state index in [0.717, 1.165) is 13.1 Å². The van der Waals surface area contributed by atoms with Crippen LogP contribution in [0.1, 0.15) is 0 Å². The normalized spacial score (nSPS) is 20.9. The van der Waals surface area contributed by atoms with Gasteiger partial charge in [0.1, 0.15) is 0 Å². The first-order valence-corrected chi connectivity index (χ1v) is 16.3. The number of nitrogens with one attached hydrogen (secondary N) is 8. The molecule has 0 bridgehead atoms. The van der Waals surface area contributed by atoms with Crippen LogP contribution in [0.5, 0.6) is 0 Å². The van der Waals surface area contributed by atoms with Gasteiger partial charge >= 0.3 is 36.2 Å². The van der Waals surface area contributed by atoms with Crippen molar-refractivity contribution in [3.63, 3.8) is 0 Å². The monoisotopic (exact) mass is 680 g/mol. The van der Waals surface area contributed by atoms with Gasteiger partial charge in [0.25, 0.3) is 0 Å². The minimum atomic E-state index is -0.139.